The molecule has 6 rings (SSSR count). The van der Waals surface area contributed by atoms with Crippen molar-refractivity contribution in [2.75, 3.05) is 35.5 Å². The fourth-order valence-electron chi connectivity index (χ4n) is 8.32. The third kappa shape index (κ3) is 15.8. The first-order valence-corrected chi connectivity index (χ1v) is 27.2. The number of ether oxygens (including phenoxy) is 4. The number of carbonyl (C=O) groups excluding carboxylic acids is 4. The van der Waals surface area contributed by atoms with Crippen LogP contribution in [0.5, 0.6) is 11.5 Å². The summed E-state index contributed by atoms with van der Waals surface area (Å²) in [4.78, 5) is 54.4. The zero-order valence-electron chi connectivity index (χ0n) is 50.2. The van der Waals surface area contributed by atoms with Crippen LogP contribution in [0, 0.1) is 13.8 Å². The minimum atomic E-state index is -0.761. The molecular formula is C57H79B2Br2N4NaO13. The Hall–Kier alpha value is -3.83. The predicted molar refractivity (Wildman–Crippen MR) is 310 cm³/mol. The Labute approximate surface area is 507 Å². The van der Waals surface area contributed by atoms with E-state index in [1.165, 1.54) is 10.0 Å². The van der Waals surface area contributed by atoms with Crippen LogP contribution in [0.2, 0.25) is 0 Å². The standard InChI is InChI=1S/C29H41BN2O7.C27H35BBr2N2O5.CH3O.Na/c1-18-20(13-12-14-23(18)35-9)24(33)31-32(27(2,3)4)25(34)19-15-16-21(26(36-10)37-11)22(17-19)30-38-28(5,6)29(7,8)39-30;1-16-18(11-10-12-21(16)35-9)23(33)31-32(25(2,3)4)24(34)17-13-14-19(22(29)30)20(15-17)28-36-26(5,6)27(7,8)37-28;1-2;/h12-17,26H,1-11H3,(H,31,33);10-15,22H,1-9H3,(H,31,33);1H3;/q;;-1;+1. The summed E-state index contributed by atoms with van der Waals surface area (Å²) in [7, 11) is 5.51. The molecule has 0 spiro atoms. The number of halogens is 2. The van der Waals surface area contributed by atoms with Crippen LogP contribution < -0.4 is 65.9 Å². The van der Waals surface area contributed by atoms with Crippen molar-refractivity contribution >= 4 is 80.7 Å². The van der Waals surface area contributed by atoms with Crippen molar-refractivity contribution in [3.63, 3.8) is 0 Å². The molecule has 4 aromatic rings. The molecule has 2 aliphatic rings. The Balaban J connectivity index is 0.000000398. The van der Waals surface area contributed by atoms with E-state index in [2.05, 4.69) is 42.7 Å². The number of methoxy groups -OCH3 is 4. The topological polar surface area (TPSA) is 196 Å². The van der Waals surface area contributed by atoms with Gasteiger partial charge in [-0.1, -0.05) is 56.1 Å². The van der Waals surface area contributed by atoms with Gasteiger partial charge in [-0.15, -0.1) is 0 Å². The van der Waals surface area contributed by atoms with E-state index in [0.717, 1.165) is 18.1 Å². The number of rotatable bonds is 12. The first-order chi connectivity index (χ1) is 36.1. The first kappa shape index (κ1) is 69.4. The number of amides is 4. The van der Waals surface area contributed by atoms with Gasteiger partial charge in [-0.3, -0.25) is 30.0 Å². The second-order valence-electron chi connectivity index (χ2n) is 22.7. The van der Waals surface area contributed by atoms with Crippen LogP contribution in [-0.2, 0) is 28.1 Å². The summed E-state index contributed by atoms with van der Waals surface area (Å²) in [6.45, 7) is 30.5. The Morgan fingerprint density at radius 1 is 0.557 bits per heavy atom. The number of carbonyl (C=O) groups is 4. The van der Waals surface area contributed by atoms with E-state index in [0.29, 0.717) is 55.9 Å². The van der Waals surface area contributed by atoms with Crippen molar-refractivity contribution in [2.24, 2.45) is 0 Å². The van der Waals surface area contributed by atoms with Gasteiger partial charge in [0.2, 0.25) is 0 Å². The van der Waals surface area contributed by atoms with Gasteiger partial charge < -0.3 is 42.7 Å². The predicted octanol–water partition coefficient (Wildman–Crippen LogP) is 5.84. The molecule has 0 bridgehead atoms. The van der Waals surface area contributed by atoms with Gasteiger partial charge in [0, 0.05) is 53.2 Å². The number of hydrazine groups is 2. The summed E-state index contributed by atoms with van der Waals surface area (Å²) in [6.07, 6.45) is -0.697. The number of nitrogens with one attached hydrogen (secondary N) is 2. The molecule has 2 N–H and O–H groups in total. The summed E-state index contributed by atoms with van der Waals surface area (Å²) in [5.41, 5.74) is 7.75. The van der Waals surface area contributed by atoms with Gasteiger partial charge in [-0.25, -0.2) is 10.0 Å². The molecule has 4 aromatic carbocycles. The van der Waals surface area contributed by atoms with Crippen molar-refractivity contribution in [1.29, 1.82) is 0 Å². The average molecular weight is 1230 g/mol. The van der Waals surface area contributed by atoms with E-state index in [1.807, 2.05) is 110 Å². The van der Waals surface area contributed by atoms with Crippen molar-refractivity contribution in [3.8, 4) is 11.5 Å². The Bertz CT molecular complexity index is 2770. The Kier molecular flexibility index (Phi) is 24.2. The molecule has 17 nitrogen and oxygen atoms in total. The minimum absolute atomic E-state index is 0. The van der Waals surface area contributed by atoms with Crippen LogP contribution >= 0.6 is 31.9 Å². The van der Waals surface area contributed by atoms with Gasteiger partial charge in [0.15, 0.2) is 6.29 Å². The smallest absolute Gasteiger partial charge is 0.857 e. The molecule has 2 aliphatic heterocycles. The van der Waals surface area contributed by atoms with E-state index in [4.69, 9.17) is 42.7 Å². The van der Waals surface area contributed by atoms with E-state index in [1.54, 1.807) is 102 Å². The van der Waals surface area contributed by atoms with Crippen LogP contribution in [0.1, 0.15) is 171 Å². The van der Waals surface area contributed by atoms with Crippen LogP contribution in [0.25, 0.3) is 0 Å². The fraction of sp³-hybridized carbons (Fsp3) is 0.509. The van der Waals surface area contributed by atoms with E-state index < -0.39 is 71.7 Å². The van der Waals surface area contributed by atoms with Crippen molar-refractivity contribution in [3.05, 3.63) is 117 Å². The summed E-state index contributed by atoms with van der Waals surface area (Å²) < 4.78 is 46.8. The molecule has 2 saturated heterocycles. The van der Waals surface area contributed by atoms with Gasteiger partial charge >= 0.3 is 43.8 Å². The van der Waals surface area contributed by atoms with Gasteiger partial charge in [0.05, 0.1) is 51.4 Å². The number of alkyl halides is 2. The molecule has 0 radical (unpaired) electrons. The summed E-state index contributed by atoms with van der Waals surface area (Å²) >= 11 is 7.16. The maximum atomic E-state index is 14.0. The number of hydrogen-bond donors (Lipinski definition) is 2. The molecule has 2 fully saturated rings. The van der Waals surface area contributed by atoms with Crippen LogP contribution in [0.15, 0.2) is 72.8 Å². The quantitative estimate of drug-likeness (QED) is 0.0745. The molecule has 22 heteroatoms. The molecule has 0 atom stereocenters. The van der Waals surface area contributed by atoms with E-state index in [9.17, 15) is 19.2 Å². The molecule has 426 valence electrons. The molecule has 0 saturated carbocycles. The van der Waals surface area contributed by atoms with Gasteiger partial charge in [-0.2, -0.15) is 7.11 Å². The van der Waals surface area contributed by atoms with E-state index >= 15 is 0 Å². The second-order valence-corrected chi connectivity index (χ2v) is 25.8. The van der Waals surface area contributed by atoms with Crippen molar-refractivity contribution in [1.82, 2.24) is 20.9 Å². The maximum Gasteiger partial charge on any atom is 1.00 e. The molecular weight excluding hydrogens is 1150 g/mol. The third-order valence-corrected chi connectivity index (χ3v) is 15.3. The van der Waals surface area contributed by atoms with Crippen LogP contribution in [0.4, 0.5) is 0 Å². The Morgan fingerprint density at radius 2 is 0.873 bits per heavy atom. The minimum Gasteiger partial charge on any atom is -0.857 e. The zero-order valence-corrected chi connectivity index (χ0v) is 55.4. The maximum absolute atomic E-state index is 14.0. The molecule has 0 unspecified atom stereocenters. The largest absolute Gasteiger partial charge is 1.00 e. The zero-order chi connectivity index (χ0) is 59.3. The number of nitrogens with zero attached hydrogens (tertiary/aromatic N) is 2. The third-order valence-electron chi connectivity index (χ3n) is 14.3. The second kappa shape index (κ2) is 27.5. The van der Waals surface area contributed by atoms with Crippen molar-refractivity contribution in [2.45, 2.75) is 154 Å². The van der Waals surface area contributed by atoms with Crippen LogP contribution in [0.3, 0.4) is 0 Å². The molecule has 0 aromatic heterocycles. The van der Waals surface area contributed by atoms with Crippen LogP contribution in [-0.4, -0.2) is 117 Å². The normalized spacial score (nSPS) is 15.9. The SMILES string of the molecule is COc1cccc(C(=O)NN(C(=O)c2ccc(C(Br)Br)c(B3OC(C)(C)C(C)(C)O3)c2)C(C)(C)C)c1C.COc1cccc(C(=O)NN(C(=O)c2ccc(C(OC)OC)c(B3OC(C)(C)C(C)(C)O3)c2)C(C)(C)C)c1C.C[O-].[Na+]. The molecule has 2 heterocycles. The molecule has 4 amide bonds. The van der Waals surface area contributed by atoms with Crippen molar-refractivity contribution < 1.29 is 91.4 Å². The number of benzene rings is 4. The van der Waals surface area contributed by atoms with E-state index in [-0.39, 0.29) is 39.2 Å². The van der Waals surface area contributed by atoms with Gasteiger partial charge in [0.25, 0.3) is 23.6 Å². The summed E-state index contributed by atoms with van der Waals surface area (Å²) in [6, 6.07) is 21.0. The summed E-state index contributed by atoms with van der Waals surface area (Å²) in [5.74, 6) is -0.383. The van der Waals surface area contributed by atoms with Gasteiger partial charge in [-0.05, 0) is 176 Å². The monoisotopic (exact) mass is 1230 g/mol. The fourth-order valence-corrected chi connectivity index (χ4v) is 9.15. The molecule has 79 heavy (non-hydrogen) atoms. The van der Waals surface area contributed by atoms with Gasteiger partial charge in [0.1, 0.15) is 11.5 Å². The molecule has 0 aliphatic carbocycles. The average Bonchev–Trinajstić information content (AvgIpc) is 3.74. The first-order valence-electron chi connectivity index (χ1n) is 25.4. The Morgan fingerprint density at radius 3 is 1.16 bits per heavy atom. The number of hydrogen-bond acceptors (Lipinski definition) is 13. The summed E-state index contributed by atoms with van der Waals surface area (Å²) in [5, 5.41) is 10.9.